The molecule has 0 aliphatic carbocycles. The van der Waals surface area contributed by atoms with E-state index in [2.05, 4.69) is 201 Å². The summed E-state index contributed by atoms with van der Waals surface area (Å²) < 4.78 is 0. The third-order valence-corrected chi connectivity index (χ3v) is 13.5. The first kappa shape index (κ1) is 41.8. The minimum Gasteiger partial charge on any atom is -0.814 e. The van der Waals surface area contributed by atoms with Gasteiger partial charge in [-0.1, -0.05) is 140 Å². The zero-order valence-corrected chi connectivity index (χ0v) is 32.3. The van der Waals surface area contributed by atoms with E-state index in [-0.39, 0.29) is 29.2 Å². The van der Waals surface area contributed by atoms with Crippen LogP contribution in [0.1, 0.15) is 30.1 Å². The molecular formula is C45H44FeN3OP2+2. The summed E-state index contributed by atoms with van der Waals surface area (Å²) in [6.45, 7) is 6.06. The van der Waals surface area contributed by atoms with Crippen molar-refractivity contribution in [3.8, 4) is 0 Å². The quantitative estimate of drug-likeness (QED) is 0.0504. The largest absolute Gasteiger partial charge is 2.00 e. The molecule has 0 fully saturated rings. The summed E-state index contributed by atoms with van der Waals surface area (Å²) in [5, 5.41) is 13.0. The van der Waals surface area contributed by atoms with Crippen LogP contribution in [0.5, 0.6) is 0 Å². The third kappa shape index (κ3) is 12.9. The minimum atomic E-state index is -1.04. The van der Waals surface area contributed by atoms with Crippen molar-refractivity contribution in [3.05, 3.63) is 199 Å². The Bertz CT molecular complexity index is 1650. The van der Waals surface area contributed by atoms with E-state index in [0.29, 0.717) is 0 Å². The molecule has 6 aromatic rings. The molecule has 0 bridgehead atoms. The van der Waals surface area contributed by atoms with Gasteiger partial charge in [0, 0.05) is 12.4 Å². The first-order valence-electron chi connectivity index (χ1n) is 17.0. The van der Waals surface area contributed by atoms with Crippen molar-refractivity contribution >= 4 is 62.5 Å². The molecule has 6 aromatic carbocycles. The number of rotatable bonds is 13. The molecule has 2 atom stereocenters. The van der Waals surface area contributed by atoms with Crippen LogP contribution in [0.3, 0.4) is 0 Å². The predicted molar refractivity (Wildman–Crippen MR) is 227 cm³/mol. The Morgan fingerprint density at radius 2 is 0.692 bits per heavy atom. The Morgan fingerprint density at radius 3 is 0.923 bits per heavy atom. The molecule has 4 nitrogen and oxygen atoms in total. The Labute approximate surface area is 322 Å². The van der Waals surface area contributed by atoms with Crippen molar-refractivity contribution in [2.45, 2.75) is 19.0 Å². The van der Waals surface area contributed by atoms with Crippen molar-refractivity contribution < 1.29 is 21.9 Å². The number of hydrogen-bond donors (Lipinski definition) is 0. The first-order valence-corrected chi connectivity index (χ1v) is 20.4. The second-order valence-corrected chi connectivity index (χ2v) is 16.5. The number of benzene rings is 6. The molecule has 7 heteroatoms. The van der Waals surface area contributed by atoms with Gasteiger partial charge in [-0.05, 0) is 59.7 Å². The maximum atomic E-state index is 7.50. The summed E-state index contributed by atoms with van der Waals surface area (Å²) in [5.74, 6) is 0. The van der Waals surface area contributed by atoms with Crippen LogP contribution in [0.15, 0.2) is 192 Å². The van der Waals surface area contributed by atoms with E-state index in [1.807, 2.05) is 0 Å². The second kappa shape index (κ2) is 24.5. The van der Waals surface area contributed by atoms with Crippen LogP contribution in [0.25, 0.3) is 5.41 Å². The van der Waals surface area contributed by atoms with Gasteiger partial charge in [0.1, 0.15) is 24.4 Å². The molecule has 0 saturated carbocycles. The van der Waals surface area contributed by atoms with Crippen LogP contribution in [0.4, 0.5) is 0 Å². The summed E-state index contributed by atoms with van der Waals surface area (Å²) in [6, 6.07) is 64.7. The topological polar surface area (TPSA) is 64.1 Å². The van der Waals surface area contributed by atoms with E-state index in [1.165, 1.54) is 32.3 Å². The van der Waals surface area contributed by atoms with Crippen LogP contribution >= 0.6 is 15.8 Å². The molecule has 261 valence electrons. The number of aliphatic imine (C=N–C) groups is 2. The fraction of sp³-hybridized carbons (Fsp3) is 0.111. The summed E-state index contributed by atoms with van der Waals surface area (Å²) in [7, 11) is -2.08. The van der Waals surface area contributed by atoms with Crippen LogP contribution in [0, 0.1) is 0 Å². The molecule has 0 aliphatic heterocycles. The Morgan fingerprint density at radius 1 is 0.481 bits per heavy atom. The smallest absolute Gasteiger partial charge is 0.814 e. The van der Waals surface area contributed by atoms with E-state index < -0.39 is 15.8 Å². The number of hydrogen-bond acceptors (Lipinski definition) is 3. The third-order valence-electron chi connectivity index (χ3n) is 8.19. The van der Waals surface area contributed by atoms with Gasteiger partial charge in [0.25, 0.3) is 0 Å². The van der Waals surface area contributed by atoms with Crippen LogP contribution in [-0.4, -0.2) is 37.8 Å². The maximum absolute atomic E-state index is 7.50. The van der Waals surface area contributed by atoms with Gasteiger partial charge in [-0.25, -0.2) is 6.21 Å². The molecule has 0 N–H and O–H groups in total. The van der Waals surface area contributed by atoms with Crippen molar-refractivity contribution in [2.75, 3.05) is 12.3 Å². The van der Waals surface area contributed by atoms with Crippen LogP contribution < -0.4 is 21.2 Å². The fourth-order valence-corrected chi connectivity index (χ4v) is 10.4. The zero-order valence-electron chi connectivity index (χ0n) is 29.2. The van der Waals surface area contributed by atoms with E-state index in [0.717, 1.165) is 18.5 Å². The number of carbonyl (C=O) groups excluding carboxylic acids is 1. The molecule has 0 spiro atoms. The average Bonchev–Trinajstić information content (AvgIpc) is 3.21. The van der Waals surface area contributed by atoms with Gasteiger partial charge in [0.15, 0.2) is 0 Å². The Balaban J connectivity index is 0.00000116. The van der Waals surface area contributed by atoms with E-state index in [4.69, 9.17) is 20.2 Å². The molecule has 6 rings (SSSR count). The van der Waals surface area contributed by atoms with E-state index in [1.54, 1.807) is 6.92 Å². The fourth-order valence-electron chi connectivity index (χ4n) is 5.88. The summed E-state index contributed by atoms with van der Waals surface area (Å²) >= 11 is 0. The van der Waals surface area contributed by atoms with Crippen molar-refractivity contribution in [1.82, 2.24) is 0 Å². The maximum Gasteiger partial charge on any atom is 2.00 e. The van der Waals surface area contributed by atoms with Crippen LogP contribution in [0.2, 0.25) is 0 Å². The van der Waals surface area contributed by atoms with Crippen molar-refractivity contribution in [1.29, 1.82) is 0 Å². The second-order valence-electron chi connectivity index (χ2n) is 11.5. The van der Waals surface area contributed by atoms with Gasteiger partial charge in [0.2, 0.25) is 0 Å². The molecule has 0 unspecified atom stereocenters. The molecule has 0 amide bonds. The average molecular weight is 761 g/mol. The molecule has 1 radical (unpaired) electrons. The van der Waals surface area contributed by atoms with Gasteiger partial charge in [-0.3, -0.25) is 9.98 Å². The molecule has 0 saturated heterocycles. The molecule has 52 heavy (non-hydrogen) atoms. The normalized spacial score (nSPS) is 11.8. The Kier molecular flexibility index (Phi) is 19.7. The van der Waals surface area contributed by atoms with Gasteiger partial charge in [-0.15, -0.1) is 0 Å². The molecule has 0 aliphatic rings. The molecule has 0 heterocycles. The first-order chi connectivity index (χ1) is 25.3. The predicted octanol–water partition coefficient (Wildman–Crippen LogP) is 8.59. The standard InChI is InChI=1S/C42H38N2P2.C2H4N.CO.Fe/c1-7-19-35(20-8-1)41(43-31-33-45(37-23-11-3-12-24-37)38-25-13-4-14-26-38)42(36-21-9-2-10-22-36)44-32-34-46(39-27-15-5-16-28-39)40-29-17-6-18-30-40;1-2-3;1-2;/h1-32,41-42H,33-34H2;2H,1H3;;/q;2*-1;+2/p+2/t41-,42-;;;/m1.../s1. The zero-order chi connectivity index (χ0) is 35.9. The SMILES string of the molecule is C(C[PH+](c1ccccc1)c1ccccc1)=N[C@H](c1ccccc1)[C@H](N=CC[PH+](c1ccccc1)c1ccccc1)c1ccccc1.CC=[N-].[C-]=O.[Fe+2]. The van der Waals surface area contributed by atoms with Crippen molar-refractivity contribution in [3.63, 3.8) is 0 Å². The van der Waals surface area contributed by atoms with Crippen molar-refractivity contribution in [2.24, 2.45) is 9.98 Å². The van der Waals surface area contributed by atoms with Gasteiger partial charge < -0.3 is 17.0 Å². The van der Waals surface area contributed by atoms with E-state index >= 15 is 0 Å². The van der Waals surface area contributed by atoms with Gasteiger partial charge in [-0.2, -0.15) is 0 Å². The number of nitrogens with zero attached hydrogens (tertiary/aromatic N) is 3. The molecular weight excluding hydrogens is 716 g/mol. The van der Waals surface area contributed by atoms with E-state index in [9.17, 15) is 0 Å². The monoisotopic (exact) mass is 760 g/mol. The van der Waals surface area contributed by atoms with Gasteiger partial charge >= 0.3 is 17.1 Å². The van der Waals surface area contributed by atoms with Gasteiger partial charge in [0.05, 0.1) is 37.1 Å². The summed E-state index contributed by atoms with van der Waals surface area (Å²) in [6.07, 6.45) is 7.17. The van der Waals surface area contributed by atoms with Crippen LogP contribution in [-0.2, 0) is 21.9 Å². The summed E-state index contributed by atoms with van der Waals surface area (Å²) in [4.78, 5) is 18.2. The molecule has 0 aromatic heterocycles. The Hall–Kier alpha value is -4.62. The summed E-state index contributed by atoms with van der Waals surface area (Å²) in [5.41, 5.74) is 2.35. The minimum absolute atomic E-state index is 0.